The first-order valence-corrected chi connectivity index (χ1v) is 6.89. The number of hydrogen-bond donors (Lipinski definition) is 1. The minimum atomic E-state index is 0.326. The smallest absolute Gasteiger partial charge is 0.0596 e. The number of unbranched alkanes of at least 4 members (excludes halogenated alkanes) is 1. The highest BCUT2D eigenvalue weighted by molar-refractivity contribution is 4.71. The molecule has 4 heteroatoms. The van der Waals surface area contributed by atoms with Crippen LogP contribution in [0.3, 0.4) is 0 Å². The zero-order chi connectivity index (χ0) is 12.5. The molecule has 4 nitrogen and oxygen atoms in total. The first kappa shape index (κ1) is 14.9. The Morgan fingerprint density at radius 1 is 1.00 bits per heavy atom. The van der Waals surface area contributed by atoms with E-state index in [0.29, 0.717) is 12.7 Å². The van der Waals surface area contributed by atoms with Gasteiger partial charge in [-0.2, -0.15) is 0 Å². The van der Waals surface area contributed by atoms with E-state index in [1.165, 1.54) is 0 Å². The molecule has 0 aromatic carbocycles. The predicted molar refractivity (Wildman–Crippen MR) is 70.3 cm³/mol. The molecule has 1 heterocycles. The number of nitrogens with zero attached hydrogens (tertiary/aromatic N) is 2. The van der Waals surface area contributed by atoms with E-state index in [4.69, 9.17) is 9.84 Å². The molecule has 17 heavy (non-hydrogen) atoms. The second kappa shape index (κ2) is 8.86. The van der Waals surface area contributed by atoms with Gasteiger partial charge in [-0.05, 0) is 33.2 Å². The molecule has 0 atom stereocenters. The van der Waals surface area contributed by atoms with E-state index >= 15 is 0 Å². The summed E-state index contributed by atoms with van der Waals surface area (Å²) in [6.45, 7) is 12.2. The lowest BCUT2D eigenvalue weighted by molar-refractivity contribution is 0.0444. The van der Waals surface area contributed by atoms with Crippen LogP contribution in [0, 0.1) is 0 Å². The predicted octanol–water partition coefficient (Wildman–Crippen LogP) is 0.802. The van der Waals surface area contributed by atoms with Gasteiger partial charge >= 0.3 is 0 Å². The van der Waals surface area contributed by atoms with E-state index in [1.807, 2.05) is 0 Å². The molecule has 0 unspecified atom stereocenters. The normalized spacial score (nSPS) is 19.1. The molecule has 0 amide bonds. The van der Waals surface area contributed by atoms with Crippen molar-refractivity contribution in [2.24, 2.45) is 0 Å². The maximum atomic E-state index is 8.74. The second-order valence-electron chi connectivity index (χ2n) is 5.03. The highest BCUT2D eigenvalue weighted by Crippen LogP contribution is 2.03. The lowest BCUT2D eigenvalue weighted by Gasteiger charge is -2.34. The van der Waals surface area contributed by atoms with Gasteiger partial charge in [-0.3, -0.25) is 4.90 Å². The number of aliphatic hydroxyl groups is 1. The van der Waals surface area contributed by atoms with E-state index in [9.17, 15) is 0 Å². The molecule has 1 fully saturated rings. The zero-order valence-corrected chi connectivity index (χ0v) is 11.4. The molecule has 1 rings (SSSR count). The number of hydrogen-bond acceptors (Lipinski definition) is 4. The van der Waals surface area contributed by atoms with E-state index in [-0.39, 0.29) is 0 Å². The van der Waals surface area contributed by atoms with Gasteiger partial charge in [-0.25, -0.2) is 0 Å². The number of ether oxygens (including phenoxy) is 1. The number of piperazine rings is 1. The monoisotopic (exact) mass is 244 g/mol. The van der Waals surface area contributed by atoms with Crippen molar-refractivity contribution in [3.05, 3.63) is 0 Å². The highest BCUT2D eigenvalue weighted by Gasteiger charge is 2.15. The van der Waals surface area contributed by atoms with Crippen molar-refractivity contribution in [3.63, 3.8) is 0 Å². The fourth-order valence-electron chi connectivity index (χ4n) is 2.10. The summed E-state index contributed by atoms with van der Waals surface area (Å²) in [4.78, 5) is 4.97. The van der Waals surface area contributed by atoms with Gasteiger partial charge in [-0.15, -0.1) is 0 Å². The summed E-state index contributed by atoms with van der Waals surface area (Å²) >= 11 is 0. The molecular formula is C13H28N2O2. The standard InChI is InChI=1S/C13H28N2O2/c1-13(2)17-12-10-15-8-6-14(7-9-15)5-3-4-11-16/h13,16H,3-12H2,1-2H3. The van der Waals surface area contributed by atoms with Crippen LogP contribution in [0.1, 0.15) is 26.7 Å². The third kappa shape index (κ3) is 6.99. The fraction of sp³-hybridized carbons (Fsp3) is 1.00. The Morgan fingerprint density at radius 2 is 1.59 bits per heavy atom. The lowest BCUT2D eigenvalue weighted by Crippen LogP contribution is -2.47. The number of aliphatic hydroxyl groups excluding tert-OH is 1. The van der Waals surface area contributed by atoms with E-state index < -0.39 is 0 Å². The van der Waals surface area contributed by atoms with Gasteiger partial charge in [-0.1, -0.05) is 0 Å². The topological polar surface area (TPSA) is 35.9 Å². The molecule has 1 aliphatic heterocycles. The van der Waals surface area contributed by atoms with Crippen molar-refractivity contribution >= 4 is 0 Å². The third-order valence-corrected chi connectivity index (χ3v) is 3.21. The van der Waals surface area contributed by atoms with Gasteiger partial charge in [0.2, 0.25) is 0 Å². The maximum Gasteiger partial charge on any atom is 0.0596 e. The molecule has 0 bridgehead atoms. The summed E-state index contributed by atoms with van der Waals surface area (Å²) in [5.74, 6) is 0. The second-order valence-corrected chi connectivity index (χ2v) is 5.03. The van der Waals surface area contributed by atoms with Gasteiger partial charge in [0, 0.05) is 39.3 Å². The van der Waals surface area contributed by atoms with Gasteiger partial charge < -0.3 is 14.7 Å². The van der Waals surface area contributed by atoms with Crippen LogP contribution in [0.4, 0.5) is 0 Å². The first-order valence-electron chi connectivity index (χ1n) is 6.89. The molecule has 0 aliphatic carbocycles. The van der Waals surface area contributed by atoms with Crippen molar-refractivity contribution in [1.29, 1.82) is 0 Å². The highest BCUT2D eigenvalue weighted by atomic mass is 16.5. The SMILES string of the molecule is CC(C)OCCN1CCN(CCCCO)CC1. The fourth-order valence-corrected chi connectivity index (χ4v) is 2.10. The van der Waals surface area contributed by atoms with Crippen LogP contribution in [-0.2, 0) is 4.74 Å². The Kier molecular flexibility index (Phi) is 7.77. The minimum absolute atomic E-state index is 0.326. The van der Waals surface area contributed by atoms with E-state index in [2.05, 4.69) is 23.6 Å². The van der Waals surface area contributed by atoms with Crippen LogP contribution in [0.15, 0.2) is 0 Å². The van der Waals surface area contributed by atoms with Crippen LogP contribution >= 0.6 is 0 Å². The molecule has 0 spiro atoms. The molecule has 1 N–H and O–H groups in total. The summed E-state index contributed by atoms with van der Waals surface area (Å²) in [6.07, 6.45) is 2.39. The Bertz CT molecular complexity index is 180. The van der Waals surface area contributed by atoms with Crippen molar-refractivity contribution < 1.29 is 9.84 Å². The third-order valence-electron chi connectivity index (χ3n) is 3.21. The Balaban J connectivity index is 2.01. The van der Waals surface area contributed by atoms with Crippen LogP contribution in [0.2, 0.25) is 0 Å². The molecule has 0 radical (unpaired) electrons. The van der Waals surface area contributed by atoms with E-state index in [1.54, 1.807) is 0 Å². The number of rotatable bonds is 8. The van der Waals surface area contributed by atoms with Crippen molar-refractivity contribution in [3.8, 4) is 0 Å². The molecule has 1 saturated heterocycles. The molecule has 0 aromatic rings. The summed E-state index contributed by atoms with van der Waals surface area (Å²) in [5.41, 5.74) is 0. The zero-order valence-electron chi connectivity index (χ0n) is 11.4. The Labute approximate surface area is 106 Å². The molecule has 1 aliphatic rings. The average molecular weight is 244 g/mol. The molecule has 102 valence electrons. The largest absolute Gasteiger partial charge is 0.396 e. The first-order chi connectivity index (χ1) is 8.22. The molecule has 0 saturated carbocycles. The van der Waals surface area contributed by atoms with Crippen molar-refractivity contribution in [1.82, 2.24) is 9.80 Å². The molecular weight excluding hydrogens is 216 g/mol. The van der Waals surface area contributed by atoms with Crippen LogP contribution < -0.4 is 0 Å². The van der Waals surface area contributed by atoms with Crippen LogP contribution in [-0.4, -0.2) is 73.5 Å². The summed E-state index contributed by atoms with van der Waals surface area (Å²) in [7, 11) is 0. The lowest BCUT2D eigenvalue weighted by atomic mass is 10.2. The van der Waals surface area contributed by atoms with Gasteiger partial charge in [0.15, 0.2) is 0 Å². The minimum Gasteiger partial charge on any atom is -0.396 e. The maximum absolute atomic E-state index is 8.74. The van der Waals surface area contributed by atoms with Crippen LogP contribution in [0.25, 0.3) is 0 Å². The van der Waals surface area contributed by atoms with Gasteiger partial charge in [0.1, 0.15) is 0 Å². The summed E-state index contributed by atoms with van der Waals surface area (Å²) in [6, 6.07) is 0. The van der Waals surface area contributed by atoms with E-state index in [0.717, 1.165) is 58.7 Å². The average Bonchev–Trinajstić information content (AvgIpc) is 2.31. The van der Waals surface area contributed by atoms with Crippen molar-refractivity contribution in [2.45, 2.75) is 32.8 Å². The molecule has 0 aromatic heterocycles. The van der Waals surface area contributed by atoms with Gasteiger partial charge in [0.05, 0.1) is 12.7 Å². The quantitative estimate of drug-likeness (QED) is 0.641. The summed E-state index contributed by atoms with van der Waals surface area (Å²) < 4.78 is 5.57. The van der Waals surface area contributed by atoms with Gasteiger partial charge in [0.25, 0.3) is 0 Å². The Morgan fingerprint density at radius 3 is 2.12 bits per heavy atom. The van der Waals surface area contributed by atoms with Crippen molar-refractivity contribution in [2.75, 3.05) is 52.5 Å². The van der Waals surface area contributed by atoms with Crippen LogP contribution in [0.5, 0.6) is 0 Å². The Hall–Kier alpha value is -0.160. The summed E-state index contributed by atoms with van der Waals surface area (Å²) in [5, 5.41) is 8.74.